The molecule has 1 saturated carbocycles. The van der Waals surface area contributed by atoms with E-state index in [1.165, 1.54) is 24.3 Å². The monoisotopic (exact) mass is 490 g/mol. The molecule has 0 unspecified atom stereocenters. The molecule has 1 aliphatic carbocycles. The second kappa shape index (κ2) is 12.6. The van der Waals surface area contributed by atoms with E-state index in [-0.39, 0.29) is 17.6 Å². The smallest absolute Gasteiger partial charge is 0.406 e. The van der Waals surface area contributed by atoms with Crippen LogP contribution in [0.1, 0.15) is 36.8 Å². The van der Waals surface area contributed by atoms with E-state index in [1.807, 2.05) is 0 Å². The molecule has 1 aliphatic rings. The SMILES string of the molecule is O=C(NCc1ccc(OC(F)(F)F)cc1)C1CCCC1.O=CNCc1cc(Cl)cc(Cl)c1. The van der Waals surface area contributed by atoms with Gasteiger partial charge in [-0.3, -0.25) is 9.59 Å². The van der Waals surface area contributed by atoms with Crippen LogP contribution < -0.4 is 15.4 Å². The summed E-state index contributed by atoms with van der Waals surface area (Å²) in [4.78, 5) is 21.8. The van der Waals surface area contributed by atoms with Gasteiger partial charge in [0.15, 0.2) is 0 Å². The lowest BCUT2D eigenvalue weighted by Crippen LogP contribution is -2.28. The molecule has 2 N–H and O–H groups in total. The maximum Gasteiger partial charge on any atom is 0.573 e. The van der Waals surface area contributed by atoms with E-state index in [4.69, 9.17) is 23.2 Å². The molecule has 0 spiro atoms. The van der Waals surface area contributed by atoms with Crippen molar-refractivity contribution in [1.29, 1.82) is 0 Å². The van der Waals surface area contributed by atoms with Gasteiger partial charge >= 0.3 is 6.36 Å². The first-order chi connectivity index (χ1) is 15.2. The molecule has 2 aromatic carbocycles. The van der Waals surface area contributed by atoms with Crippen LogP contribution in [0.4, 0.5) is 13.2 Å². The number of carbonyl (C=O) groups is 2. The Morgan fingerprint density at radius 2 is 1.59 bits per heavy atom. The van der Waals surface area contributed by atoms with Gasteiger partial charge in [-0.05, 0) is 54.3 Å². The van der Waals surface area contributed by atoms with Crippen LogP contribution in [-0.2, 0) is 22.7 Å². The Morgan fingerprint density at radius 3 is 2.12 bits per heavy atom. The number of amides is 2. The normalized spacial score (nSPS) is 13.7. The van der Waals surface area contributed by atoms with Gasteiger partial charge in [-0.15, -0.1) is 13.2 Å². The minimum Gasteiger partial charge on any atom is -0.406 e. The standard InChI is InChI=1S/C14H16F3NO2.C8H7Cl2NO/c15-14(16,17)20-12-7-5-10(6-8-12)9-18-13(19)11-3-1-2-4-11;9-7-1-6(4-11-5-12)2-8(10)3-7/h5-8,11H,1-4,9H2,(H,18,19);1-3,5H,4H2,(H,11,12). The van der Waals surface area contributed by atoms with Gasteiger partial charge in [0.05, 0.1) is 0 Å². The molecule has 10 heteroatoms. The zero-order valence-electron chi connectivity index (χ0n) is 17.1. The van der Waals surface area contributed by atoms with Crippen LogP contribution in [0.15, 0.2) is 42.5 Å². The van der Waals surface area contributed by atoms with Gasteiger partial charge in [-0.25, -0.2) is 0 Å². The molecule has 0 aromatic heterocycles. The van der Waals surface area contributed by atoms with Crippen molar-refractivity contribution in [3.8, 4) is 5.75 Å². The van der Waals surface area contributed by atoms with Crippen LogP contribution in [0.25, 0.3) is 0 Å². The van der Waals surface area contributed by atoms with Gasteiger partial charge < -0.3 is 15.4 Å². The Labute approximate surface area is 194 Å². The number of alkyl halides is 3. The highest BCUT2D eigenvalue weighted by Gasteiger charge is 2.31. The number of hydrogen-bond acceptors (Lipinski definition) is 3. The van der Waals surface area contributed by atoms with E-state index in [9.17, 15) is 22.8 Å². The Balaban J connectivity index is 0.000000258. The second-order valence-electron chi connectivity index (χ2n) is 7.17. The lowest BCUT2D eigenvalue weighted by atomic mass is 10.1. The summed E-state index contributed by atoms with van der Waals surface area (Å²) >= 11 is 11.5. The molecule has 0 atom stereocenters. The van der Waals surface area contributed by atoms with Crippen molar-refractivity contribution in [1.82, 2.24) is 10.6 Å². The predicted octanol–water partition coefficient (Wildman–Crippen LogP) is 5.63. The highest BCUT2D eigenvalue weighted by molar-refractivity contribution is 6.34. The molecule has 32 heavy (non-hydrogen) atoms. The van der Waals surface area contributed by atoms with Gasteiger partial charge in [0.25, 0.3) is 0 Å². The lowest BCUT2D eigenvalue weighted by molar-refractivity contribution is -0.274. The van der Waals surface area contributed by atoms with Crippen molar-refractivity contribution in [3.63, 3.8) is 0 Å². The van der Waals surface area contributed by atoms with Gasteiger partial charge in [-0.1, -0.05) is 48.2 Å². The third-order valence-electron chi connectivity index (χ3n) is 4.66. The number of ether oxygens (including phenoxy) is 1. The zero-order valence-corrected chi connectivity index (χ0v) is 18.6. The maximum absolute atomic E-state index is 12.0. The van der Waals surface area contributed by atoms with Crippen molar-refractivity contribution < 1.29 is 27.5 Å². The quantitative estimate of drug-likeness (QED) is 0.494. The van der Waals surface area contributed by atoms with Crippen molar-refractivity contribution in [3.05, 3.63) is 63.6 Å². The molecule has 0 heterocycles. The molecule has 2 aromatic rings. The number of rotatable bonds is 7. The van der Waals surface area contributed by atoms with Crippen LogP contribution in [0.3, 0.4) is 0 Å². The first kappa shape index (κ1) is 25.8. The molecular formula is C22H23Cl2F3N2O3. The van der Waals surface area contributed by atoms with Crippen LogP contribution in [0.5, 0.6) is 5.75 Å². The van der Waals surface area contributed by atoms with Crippen molar-refractivity contribution in [2.75, 3.05) is 0 Å². The summed E-state index contributed by atoms with van der Waals surface area (Å²) in [5.74, 6) is -0.149. The first-order valence-electron chi connectivity index (χ1n) is 9.90. The van der Waals surface area contributed by atoms with Crippen LogP contribution in [-0.4, -0.2) is 18.7 Å². The van der Waals surface area contributed by atoms with Crippen LogP contribution in [0.2, 0.25) is 10.0 Å². The third-order valence-corrected chi connectivity index (χ3v) is 5.10. The lowest BCUT2D eigenvalue weighted by Gasteiger charge is -2.11. The number of nitrogens with one attached hydrogen (secondary N) is 2. The van der Waals surface area contributed by atoms with Crippen LogP contribution >= 0.6 is 23.2 Å². The summed E-state index contributed by atoms with van der Waals surface area (Å²) in [6.45, 7) is 0.769. The largest absolute Gasteiger partial charge is 0.573 e. The van der Waals surface area contributed by atoms with E-state index in [0.717, 1.165) is 36.8 Å². The summed E-state index contributed by atoms with van der Waals surface area (Å²) in [5, 5.41) is 6.48. The molecule has 0 saturated heterocycles. The summed E-state index contributed by atoms with van der Waals surface area (Å²) in [6, 6.07) is 10.7. The zero-order chi connectivity index (χ0) is 23.6. The van der Waals surface area contributed by atoms with Gasteiger partial charge in [0, 0.05) is 29.1 Å². The summed E-state index contributed by atoms with van der Waals surface area (Å²) in [5.41, 5.74) is 1.63. The van der Waals surface area contributed by atoms with E-state index < -0.39 is 6.36 Å². The van der Waals surface area contributed by atoms with Crippen LogP contribution in [0, 0.1) is 5.92 Å². The maximum atomic E-state index is 12.0. The third kappa shape index (κ3) is 9.78. The number of hydrogen-bond donors (Lipinski definition) is 2. The molecule has 0 bridgehead atoms. The minimum atomic E-state index is -4.68. The average molecular weight is 491 g/mol. The van der Waals surface area contributed by atoms with Gasteiger partial charge in [0.2, 0.25) is 12.3 Å². The molecule has 174 valence electrons. The van der Waals surface area contributed by atoms with Crippen molar-refractivity contribution in [2.24, 2.45) is 5.92 Å². The highest BCUT2D eigenvalue weighted by atomic mass is 35.5. The average Bonchev–Trinajstić information content (AvgIpc) is 3.25. The summed E-state index contributed by atoms with van der Waals surface area (Å²) < 4.78 is 39.7. The van der Waals surface area contributed by atoms with Gasteiger partial charge in [-0.2, -0.15) is 0 Å². The Bertz CT molecular complexity index is 867. The Kier molecular flexibility index (Phi) is 10.1. The van der Waals surface area contributed by atoms with E-state index in [0.29, 0.717) is 29.5 Å². The fourth-order valence-electron chi connectivity index (χ4n) is 3.20. The van der Waals surface area contributed by atoms with Crippen molar-refractivity contribution >= 4 is 35.5 Å². The van der Waals surface area contributed by atoms with E-state index in [2.05, 4.69) is 15.4 Å². The summed E-state index contributed by atoms with van der Waals surface area (Å²) in [7, 11) is 0. The topological polar surface area (TPSA) is 67.4 Å². The second-order valence-corrected chi connectivity index (χ2v) is 8.04. The highest BCUT2D eigenvalue weighted by Crippen LogP contribution is 2.25. The molecule has 1 fully saturated rings. The number of carbonyl (C=O) groups excluding carboxylic acids is 2. The molecule has 0 aliphatic heterocycles. The van der Waals surface area contributed by atoms with Crippen molar-refractivity contribution in [2.45, 2.75) is 45.1 Å². The fraction of sp³-hybridized carbons (Fsp3) is 0.364. The van der Waals surface area contributed by atoms with Gasteiger partial charge in [0.1, 0.15) is 5.75 Å². The summed E-state index contributed by atoms with van der Waals surface area (Å²) in [6.07, 6.45) is -0.0372. The Morgan fingerprint density at radius 1 is 1.00 bits per heavy atom. The minimum absolute atomic E-state index is 0.0260. The predicted molar refractivity (Wildman–Crippen MR) is 116 cm³/mol. The van der Waals surface area contributed by atoms with E-state index >= 15 is 0 Å². The molecule has 0 radical (unpaired) electrons. The molecular weight excluding hydrogens is 468 g/mol. The fourth-order valence-corrected chi connectivity index (χ4v) is 3.77. The van der Waals surface area contributed by atoms with E-state index in [1.54, 1.807) is 18.2 Å². The molecule has 5 nitrogen and oxygen atoms in total. The molecule has 2 amide bonds. The Hall–Kier alpha value is -2.45. The molecule has 3 rings (SSSR count). The first-order valence-corrected chi connectivity index (χ1v) is 10.7. The number of halogens is 5. The number of benzene rings is 2.